The SMILES string of the molecule is Cc1ccoc1[O]. The van der Waals surface area contributed by atoms with Crippen LogP contribution in [0.15, 0.2) is 16.7 Å². The summed E-state index contributed by atoms with van der Waals surface area (Å²) in [5.41, 5.74) is 0.667. The second kappa shape index (κ2) is 1.30. The van der Waals surface area contributed by atoms with Gasteiger partial charge in [0.1, 0.15) is 0 Å². The van der Waals surface area contributed by atoms with Crippen molar-refractivity contribution in [3.05, 3.63) is 17.9 Å². The zero-order valence-electron chi connectivity index (χ0n) is 3.97. The molecule has 0 saturated heterocycles. The summed E-state index contributed by atoms with van der Waals surface area (Å²) < 4.78 is 4.41. The van der Waals surface area contributed by atoms with Crippen molar-refractivity contribution in [1.82, 2.24) is 0 Å². The van der Waals surface area contributed by atoms with Gasteiger partial charge in [0.25, 0.3) is 0 Å². The highest BCUT2D eigenvalue weighted by molar-refractivity contribution is 5.17. The lowest BCUT2D eigenvalue weighted by Crippen LogP contribution is -1.54. The predicted molar refractivity (Wildman–Crippen MR) is 23.6 cm³/mol. The Labute approximate surface area is 41.4 Å². The summed E-state index contributed by atoms with van der Waals surface area (Å²) in [6, 6.07) is 1.64. The van der Waals surface area contributed by atoms with Crippen LogP contribution in [-0.4, -0.2) is 0 Å². The molecule has 1 rings (SSSR count). The Hall–Kier alpha value is -0.920. The molecule has 0 fully saturated rings. The minimum absolute atomic E-state index is 0.236. The van der Waals surface area contributed by atoms with E-state index in [0.29, 0.717) is 5.56 Å². The Morgan fingerprint density at radius 2 is 2.43 bits per heavy atom. The first kappa shape index (κ1) is 4.24. The van der Waals surface area contributed by atoms with Crippen LogP contribution in [0.4, 0.5) is 0 Å². The van der Waals surface area contributed by atoms with Crippen LogP contribution in [0.3, 0.4) is 0 Å². The second-order valence-corrected chi connectivity index (χ2v) is 1.39. The van der Waals surface area contributed by atoms with Crippen LogP contribution >= 0.6 is 0 Å². The third-order valence-corrected chi connectivity index (χ3v) is 0.815. The topological polar surface area (TPSA) is 33.0 Å². The summed E-state index contributed by atoms with van der Waals surface area (Å²) in [7, 11) is 0. The summed E-state index contributed by atoms with van der Waals surface area (Å²) in [5.74, 6) is -0.236. The van der Waals surface area contributed by atoms with Crippen LogP contribution in [0.1, 0.15) is 5.56 Å². The van der Waals surface area contributed by atoms with Gasteiger partial charge in [0, 0.05) is 5.56 Å². The molecule has 1 heterocycles. The third kappa shape index (κ3) is 0.585. The van der Waals surface area contributed by atoms with Crippen molar-refractivity contribution in [2.45, 2.75) is 6.92 Å². The van der Waals surface area contributed by atoms with Crippen LogP contribution < -0.4 is 0 Å². The minimum Gasteiger partial charge on any atom is -0.431 e. The van der Waals surface area contributed by atoms with Crippen molar-refractivity contribution in [3.63, 3.8) is 0 Å². The molecule has 2 nitrogen and oxygen atoms in total. The Balaban J connectivity index is 3.12. The van der Waals surface area contributed by atoms with Crippen molar-refractivity contribution >= 4 is 0 Å². The number of aryl methyl sites for hydroxylation is 1. The summed E-state index contributed by atoms with van der Waals surface area (Å²) in [6.45, 7) is 1.71. The van der Waals surface area contributed by atoms with Gasteiger partial charge in [0.2, 0.25) is 0 Å². The molecule has 0 aromatic carbocycles. The van der Waals surface area contributed by atoms with Gasteiger partial charge in [-0.2, -0.15) is 0 Å². The maximum absolute atomic E-state index is 10.3. The van der Waals surface area contributed by atoms with Crippen LogP contribution in [-0.2, 0) is 5.11 Å². The minimum atomic E-state index is -0.236. The average molecular weight is 97.1 g/mol. The Bertz CT molecular complexity index is 138. The fourth-order valence-corrected chi connectivity index (χ4v) is 0.359. The van der Waals surface area contributed by atoms with Gasteiger partial charge in [-0.25, -0.2) is 5.11 Å². The van der Waals surface area contributed by atoms with E-state index in [1.54, 1.807) is 13.0 Å². The first-order valence-electron chi connectivity index (χ1n) is 2.02. The molecule has 0 aliphatic rings. The van der Waals surface area contributed by atoms with Gasteiger partial charge in [-0.15, -0.1) is 0 Å². The van der Waals surface area contributed by atoms with E-state index in [9.17, 15) is 5.11 Å². The molecule has 2 heteroatoms. The molecule has 0 saturated carbocycles. The molecule has 0 spiro atoms. The number of hydrogen-bond acceptors (Lipinski definition) is 1. The summed E-state index contributed by atoms with van der Waals surface area (Å²) in [4.78, 5) is 0. The molecule has 0 amide bonds. The first-order chi connectivity index (χ1) is 3.30. The second-order valence-electron chi connectivity index (χ2n) is 1.39. The van der Waals surface area contributed by atoms with E-state index < -0.39 is 0 Å². The molecule has 37 valence electrons. The molecule has 1 radical (unpaired) electrons. The van der Waals surface area contributed by atoms with Crippen molar-refractivity contribution in [1.29, 1.82) is 0 Å². The summed E-state index contributed by atoms with van der Waals surface area (Å²) in [5, 5.41) is 10.3. The van der Waals surface area contributed by atoms with Crippen LogP contribution in [0, 0.1) is 6.92 Å². The zero-order valence-corrected chi connectivity index (χ0v) is 3.97. The smallest absolute Gasteiger partial charge is 0.338 e. The zero-order chi connectivity index (χ0) is 5.28. The quantitative estimate of drug-likeness (QED) is 0.485. The lowest BCUT2D eigenvalue weighted by atomic mass is 10.4. The Morgan fingerprint density at radius 3 is 2.57 bits per heavy atom. The fraction of sp³-hybridized carbons (Fsp3) is 0.200. The van der Waals surface area contributed by atoms with E-state index in [1.807, 2.05) is 0 Å². The molecule has 0 unspecified atom stereocenters. The van der Waals surface area contributed by atoms with Crippen LogP contribution in [0.25, 0.3) is 0 Å². The number of rotatable bonds is 0. The maximum Gasteiger partial charge on any atom is 0.338 e. The van der Waals surface area contributed by atoms with Gasteiger partial charge in [-0.05, 0) is 13.0 Å². The highest BCUT2D eigenvalue weighted by atomic mass is 16.5. The molecule has 1 aromatic rings. The molecular weight excluding hydrogens is 92.1 g/mol. The molecule has 0 bridgehead atoms. The highest BCUT2D eigenvalue weighted by Crippen LogP contribution is 2.15. The van der Waals surface area contributed by atoms with E-state index in [1.165, 1.54) is 6.26 Å². The van der Waals surface area contributed by atoms with E-state index in [0.717, 1.165) is 0 Å². The van der Waals surface area contributed by atoms with Crippen molar-refractivity contribution in [3.8, 4) is 5.95 Å². The van der Waals surface area contributed by atoms with Crippen molar-refractivity contribution < 1.29 is 9.52 Å². The predicted octanol–water partition coefficient (Wildman–Crippen LogP) is 1.73. The molecule has 0 aliphatic heterocycles. The molecular formula is C5H5O2. The number of hydrogen-bond donors (Lipinski definition) is 0. The van der Waals surface area contributed by atoms with Gasteiger partial charge < -0.3 is 4.42 Å². The van der Waals surface area contributed by atoms with E-state index in [4.69, 9.17) is 0 Å². The summed E-state index contributed by atoms with van der Waals surface area (Å²) >= 11 is 0. The molecule has 7 heavy (non-hydrogen) atoms. The van der Waals surface area contributed by atoms with Crippen molar-refractivity contribution in [2.75, 3.05) is 0 Å². The fourth-order valence-electron chi connectivity index (χ4n) is 0.359. The van der Waals surface area contributed by atoms with Crippen molar-refractivity contribution in [2.24, 2.45) is 0 Å². The largest absolute Gasteiger partial charge is 0.431 e. The molecule has 0 aliphatic carbocycles. The standard InChI is InChI=1S/C5H5O2/c1-4-2-3-7-5(4)6/h2-3H,1H3. The van der Waals surface area contributed by atoms with Gasteiger partial charge in [-0.1, -0.05) is 0 Å². The Morgan fingerprint density at radius 1 is 1.71 bits per heavy atom. The first-order valence-corrected chi connectivity index (χ1v) is 2.02. The van der Waals surface area contributed by atoms with Gasteiger partial charge in [-0.3, -0.25) is 0 Å². The maximum atomic E-state index is 10.3. The van der Waals surface area contributed by atoms with Crippen LogP contribution in [0.2, 0.25) is 0 Å². The third-order valence-electron chi connectivity index (χ3n) is 0.815. The van der Waals surface area contributed by atoms with E-state index in [-0.39, 0.29) is 5.95 Å². The molecule has 1 aromatic heterocycles. The van der Waals surface area contributed by atoms with E-state index >= 15 is 0 Å². The Kier molecular flexibility index (Phi) is 0.785. The number of furan rings is 1. The highest BCUT2D eigenvalue weighted by Gasteiger charge is 1.95. The van der Waals surface area contributed by atoms with Gasteiger partial charge in [0.05, 0.1) is 6.26 Å². The lowest BCUT2D eigenvalue weighted by molar-refractivity contribution is 0.250. The average Bonchev–Trinajstić information content (AvgIpc) is 1.91. The van der Waals surface area contributed by atoms with E-state index in [2.05, 4.69) is 4.42 Å². The van der Waals surface area contributed by atoms with Gasteiger partial charge in [0.15, 0.2) is 0 Å². The van der Waals surface area contributed by atoms with Crippen LogP contribution in [0.5, 0.6) is 5.95 Å². The molecule has 0 atom stereocenters. The monoisotopic (exact) mass is 97.0 g/mol. The van der Waals surface area contributed by atoms with Gasteiger partial charge >= 0.3 is 5.95 Å². The summed E-state index contributed by atoms with van der Waals surface area (Å²) in [6.07, 6.45) is 1.39. The lowest BCUT2D eigenvalue weighted by Gasteiger charge is -1.72. The normalized spacial score (nSPS) is 9.29. The molecule has 0 N–H and O–H groups in total.